The molecule has 0 aromatic carbocycles. The van der Waals surface area contributed by atoms with Crippen LogP contribution in [0.15, 0.2) is 6.07 Å². The summed E-state index contributed by atoms with van der Waals surface area (Å²) in [5.41, 5.74) is 0. The molecule has 0 aliphatic heterocycles. The molecule has 0 bridgehead atoms. The second kappa shape index (κ2) is 5.61. The summed E-state index contributed by atoms with van der Waals surface area (Å²) in [5.74, 6) is -0.711. The fraction of sp³-hybridized carbons (Fsp3) is 0.538. The molecule has 5 nitrogen and oxygen atoms in total. The van der Waals surface area contributed by atoms with Crippen LogP contribution in [0.1, 0.15) is 33.8 Å². The van der Waals surface area contributed by atoms with Gasteiger partial charge in [-0.1, -0.05) is 0 Å². The predicted octanol–water partition coefficient (Wildman–Crippen LogP) is 2.05. The van der Waals surface area contributed by atoms with Gasteiger partial charge < -0.3 is 15.2 Å². The molecular weight excluding hydrogens is 266 g/mol. The molecule has 2 atom stereocenters. The Labute approximate surface area is 115 Å². The lowest BCUT2D eigenvalue weighted by molar-refractivity contribution is -0.141. The SMILES string of the molecule is COc1cc(C)sc1C(=O)N[C@@H]1CC[C@H](C(=O)O)C1. The Balaban J connectivity index is 2.00. The third-order valence-corrected chi connectivity index (χ3v) is 4.39. The van der Waals surface area contributed by atoms with Crippen molar-refractivity contribution < 1.29 is 19.4 Å². The van der Waals surface area contributed by atoms with E-state index in [2.05, 4.69) is 5.32 Å². The first-order valence-corrected chi connectivity index (χ1v) is 7.01. The topological polar surface area (TPSA) is 75.6 Å². The fourth-order valence-electron chi connectivity index (χ4n) is 2.39. The number of carbonyl (C=O) groups is 2. The maximum Gasteiger partial charge on any atom is 0.306 e. The molecule has 104 valence electrons. The first-order valence-electron chi connectivity index (χ1n) is 6.19. The van der Waals surface area contributed by atoms with Gasteiger partial charge in [-0.05, 0) is 32.3 Å². The zero-order valence-electron chi connectivity index (χ0n) is 10.9. The number of carboxylic acid groups (broad SMARTS) is 1. The van der Waals surface area contributed by atoms with Gasteiger partial charge in [0.25, 0.3) is 5.91 Å². The minimum atomic E-state index is -0.777. The number of amides is 1. The quantitative estimate of drug-likeness (QED) is 0.886. The highest BCUT2D eigenvalue weighted by Gasteiger charge is 2.31. The standard InChI is InChI=1S/C13H17NO4S/c1-7-5-10(18-2)11(19-7)12(15)14-9-4-3-8(6-9)13(16)17/h5,8-9H,3-4,6H2,1-2H3,(H,14,15)(H,16,17)/t8-,9+/m0/s1. The van der Waals surface area contributed by atoms with E-state index >= 15 is 0 Å². The molecule has 0 radical (unpaired) electrons. The van der Waals surface area contributed by atoms with Crippen LogP contribution in [0.4, 0.5) is 0 Å². The fourth-order valence-corrected chi connectivity index (χ4v) is 3.27. The molecule has 2 rings (SSSR count). The Morgan fingerprint density at radius 2 is 2.21 bits per heavy atom. The van der Waals surface area contributed by atoms with Crippen LogP contribution >= 0.6 is 11.3 Å². The van der Waals surface area contributed by atoms with Crippen molar-refractivity contribution in [3.63, 3.8) is 0 Å². The van der Waals surface area contributed by atoms with Crippen LogP contribution < -0.4 is 10.1 Å². The predicted molar refractivity (Wildman–Crippen MR) is 71.8 cm³/mol. The van der Waals surface area contributed by atoms with Crippen molar-refractivity contribution in [2.45, 2.75) is 32.2 Å². The van der Waals surface area contributed by atoms with Crippen molar-refractivity contribution in [1.82, 2.24) is 5.32 Å². The van der Waals surface area contributed by atoms with Gasteiger partial charge in [-0.15, -0.1) is 11.3 Å². The summed E-state index contributed by atoms with van der Waals surface area (Å²) in [6.07, 6.45) is 1.85. The van der Waals surface area contributed by atoms with Gasteiger partial charge >= 0.3 is 5.97 Å². The molecule has 1 fully saturated rings. The van der Waals surface area contributed by atoms with Crippen LogP contribution in [0.2, 0.25) is 0 Å². The lowest BCUT2D eigenvalue weighted by Gasteiger charge is -2.12. The van der Waals surface area contributed by atoms with E-state index in [-0.39, 0.29) is 17.9 Å². The van der Waals surface area contributed by atoms with E-state index in [1.165, 1.54) is 18.4 Å². The number of carboxylic acids is 1. The Hall–Kier alpha value is -1.56. The van der Waals surface area contributed by atoms with E-state index in [0.717, 1.165) is 11.3 Å². The molecule has 0 saturated heterocycles. The molecule has 0 unspecified atom stereocenters. The molecule has 1 aromatic rings. The van der Waals surface area contributed by atoms with Crippen LogP contribution in [0.3, 0.4) is 0 Å². The van der Waals surface area contributed by atoms with Gasteiger partial charge in [-0.2, -0.15) is 0 Å². The maximum absolute atomic E-state index is 12.1. The van der Waals surface area contributed by atoms with E-state index < -0.39 is 5.97 Å². The smallest absolute Gasteiger partial charge is 0.306 e. The number of nitrogens with one attached hydrogen (secondary N) is 1. The lowest BCUT2D eigenvalue weighted by atomic mass is 10.1. The monoisotopic (exact) mass is 283 g/mol. The van der Waals surface area contributed by atoms with Crippen LogP contribution in [0, 0.1) is 12.8 Å². The van der Waals surface area contributed by atoms with Crippen molar-refractivity contribution in [2.24, 2.45) is 5.92 Å². The number of hydrogen-bond donors (Lipinski definition) is 2. The highest BCUT2D eigenvalue weighted by Crippen LogP contribution is 2.30. The zero-order valence-corrected chi connectivity index (χ0v) is 11.8. The third kappa shape index (κ3) is 3.07. The van der Waals surface area contributed by atoms with Crippen molar-refractivity contribution >= 4 is 23.2 Å². The molecule has 1 aromatic heterocycles. The van der Waals surface area contributed by atoms with Gasteiger partial charge in [0, 0.05) is 10.9 Å². The van der Waals surface area contributed by atoms with Gasteiger partial charge in [-0.3, -0.25) is 9.59 Å². The molecule has 0 spiro atoms. The number of rotatable bonds is 4. The summed E-state index contributed by atoms with van der Waals surface area (Å²) < 4.78 is 5.17. The Morgan fingerprint density at radius 3 is 2.79 bits per heavy atom. The normalized spacial score (nSPS) is 22.2. The van der Waals surface area contributed by atoms with Gasteiger partial charge in [0.1, 0.15) is 10.6 Å². The molecule has 1 heterocycles. The second-order valence-corrected chi connectivity index (χ2v) is 6.03. The highest BCUT2D eigenvalue weighted by atomic mass is 32.1. The van der Waals surface area contributed by atoms with E-state index in [1.807, 2.05) is 13.0 Å². The molecule has 1 aliphatic carbocycles. The van der Waals surface area contributed by atoms with Crippen LogP contribution in [-0.4, -0.2) is 30.1 Å². The number of aliphatic carboxylic acids is 1. The third-order valence-electron chi connectivity index (χ3n) is 3.36. The zero-order chi connectivity index (χ0) is 14.0. The van der Waals surface area contributed by atoms with Crippen LogP contribution in [-0.2, 0) is 4.79 Å². The van der Waals surface area contributed by atoms with Crippen LogP contribution in [0.5, 0.6) is 5.75 Å². The minimum absolute atomic E-state index is 0.0549. The molecule has 1 amide bonds. The summed E-state index contributed by atoms with van der Waals surface area (Å²) in [7, 11) is 1.54. The van der Waals surface area contributed by atoms with Crippen molar-refractivity contribution in [1.29, 1.82) is 0 Å². The second-order valence-electron chi connectivity index (χ2n) is 4.77. The van der Waals surface area contributed by atoms with E-state index in [0.29, 0.717) is 23.5 Å². The van der Waals surface area contributed by atoms with Crippen molar-refractivity contribution in [2.75, 3.05) is 7.11 Å². The Kier molecular flexibility index (Phi) is 4.09. The maximum atomic E-state index is 12.1. The average molecular weight is 283 g/mol. The summed E-state index contributed by atoms with van der Waals surface area (Å²) in [5, 5.41) is 11.8. The van der Waals surface area contributed by atoms with Crippen LogP contribution in [0.25, 0.3) is 0 Å². The number of hydrogen-bond acceptors (Lipinski definition) is 4. The largest absolute Gasteiger partial charge is 0.495 e. The number of aryl methyl sites for hydroxylation is 1. The van der Waals surface area contributed by atoms with Gasteiger partial charge in [-0.25, -0.2) is 0 Å². The van der Waals surface area contributed by atoms with Crippen molar-refractivity contribution in [3.8, 4) is 5.75 Å². The molecule has 1 aliphatic rings. The van der Waals surface area contributed by atoms with Gasteiger partial charge in [0.15, 0.2) is 0 Å². The molecule has 6 heteroatoms. The summed E-state index contributed by atoms with van der Waals surface area (Å²) >= 11 is 1.38. The summed E-state index contributed by atoms with van der Waals surface area (Å²) in [4.78, 5) is 24.6. The first kappa shape index (κ1) is 13.9. The lowest BCUT2D eigenvalue weighted by Crippen LogP contribution is -2.33. The molecular formula is C13H17NO4S. The van der Waals surface area contributed by atoms with E-state index in [4.69, 9.17) is 9.84 Å². The van der Waals surface area contributed by atoms with Gasteiger partial charge in [0.05, 0.1) is 13.0 Å². The van der Waals surface area contributed by atoms with Gasteiger partial charge in [0.2, 0.25) is 0 Å². The number of carbonyl (C=O) groups excluding carboxylic acids is 1. The molecule has 2 N–H and O–H groups in total. The molecule has 19 heavy (non-hydrogen) atoms. The van der Waals surface area contributed by atoms with E-state index in [9.17, 15) is 9.59 Å². The summed E-state index contributed by atoms with van der Waals surface area (Å²) in [6, 6.07) is 1.77. The Bertz CT molecular complexity index is 497. The first-order chi connectivity index (χ1) is 9.01. The molecule has 1 saturated carbocycles. The highest BCUT2D eigenvalue weighted by molar-refractivity contribution is 7.14. The number of ether oxygens (including phenoxy) is 1. The van der Waals surface area contributed by atoms with E-state index in [1.54, 1.807) is 0 Å². The number of thiophene rings is 1. The summed E-state index contributed by atoms with van der Waals surface area (Å²) in [6.45, 7) is 1.92. The Morgan fingerprint density at radius 1 is 1.47 bits per heavy atom. The van der Waals surface area contributed by atoms with Crippen molar-refractivity contribution in [3.05, 3.63) is 15.8 Å². The number of methoxy groups -OCH3 is 1. The average Bonchev–Trinajstić information content (AvgIpc) is 2.95. The minimum Gasteiger partial charge on any atom is -0.495 e.